The maximum absolute atomic E-state index is 12.9. The number of carbonyl (C=O) groups excluding carboxylic acids is 1. The molecule has 0 unspecified atom stereocenters. The summed E-state index contributed by atoms with van der Waals surface area (Å²) in [6.07, 6.45) is 2.82. The summed E-state index contributed by atoms with van der Waals surface area (Å²) in [5, 5.41) is 0. The van der Waals surface area contributed by atoms with Gasteiger partial charge < -0.3 is 0 Å². The second-order valence-electron chi connectivity index (χ2n) is 4.63. The molecule has 0 N–H and O–H groups in total. The fraction of sp³-hybridized carbons (Fsp3) is 0.188. The standard InChI is InChI=1S/C16H15FOS/c1-11(2)13(10-18)9-15-7-8-16(19-15)12-3-5-14(17)6-4-12/h3-11H,1-2H3. The zero-order chi connectivity index (χ0) is 13.8. The van der Waals surface area contributed by atoms with Crippen LogP contribution in [0.4, 0.5) is 4.39 Å². The predicted octanol–water partition coefficient (Wildman–Crippen LogP) is 4.79. The second-order valence-corrected chi connectivity index (χ2v) is 5.74. The highest BCUT2D eigenvalue weighted by Gasteiger charge is 2.05. The molecule has 0 aliphatic heterocycles. The molecule has 1 aromatic heterocycles. The Kier molecular flexibility index (Phi) is 4.27. The number of benzene rings is 1. The van der Waals surface area contributed by atoms with Crippen LogP contribution in [0.1, 0.15) is 18.7 Å². The Bertz CT molecular complexity index is 593. The normalized spacial score (nSPS) is 11.9. The van der Waals surface area contributed by atoms with Gasteiger partial charge in [-0.05, 0) is 47.4 Å². The summed E-state index contributed by atoms with van der Waals surface area (Å²) >= 11 is 1.60. The highest BCUT2D eigenvalue weighted by Crippen LogP contribution is 2.29. The third-order valence-corrected chi connectivity index (χ3v) is 3.95. The molecule has 19 heavy (non-hydrogen) atoms. The van der Waals surface area contributed by atoms with E-state index in [1.807, 2.05) is 32.1 Å². The zero-order valence-electron chi connectivity index (χ0n) is 10.9. The van der Waals surface area contributed by atoms with E-state index >= 15 is 0 Å². The first kappa shape index (κ1) is 13.7. The van der Waals surface area contributed by atoms with Crippen molar-refractivity contribution in [2.45, 2.75) is 13.8 Å². The van der Waals surface area contributed by atoms with E-state index in [4.69, 9.17) is 0 Å². The minimum absolute atomic E-state index is 0.217. The largest absolute Gasteiger partial charge is 0.298 e. The first-order chi connectivity index (χ1) is 9.10. The van der Waals surface area contributed by atoms with Gasteiger partial charge in [0.05, 0.1) is 0 Å². The number of carbonyl (C=O) groups is 1. The molecule has 0 aliphatic carbocycles. The van der Waals surface area contributed by atoms with E-state index in [0.717, 1.165) is 27.2 Å². The van der Waals surface area contributed by atoms with Gasteiger partial charge in [0.25, 0.3) is 0 Å². The quantitative estimate of drug-likeness (QED) is 0.578. The smallest absolute Gasteiger partial charge is 0.146 e. The SMILES string of the molecule is CC(C)C(C=O)=Cc1ccc(-c2ccc(F)cc2)s1. The topological polar surface area (TPSA) is 17.1 Å². The van der Waals surface area contributed by atoms with Gasteiger partial charge in [0.15, 0.2) is 0 Å². The lowest BCUT2D eigenvalue weighted by Gasteiger charge is -2.01. The Morgan fingerprint density at radius 2 is 1.84 bits per heavy atom. The van der Waals surface area contributed by atoms with E-state index in [0.29, 0.717) is 0 Å². The summed E-state index contributed by atoms with van der Waals surface area (Å²) in [6, 6.07) is 10.4. The van der Waals surface area contributed by atoms with E-state index in [9.17, 15) is 9.18 Å². The minimum Gasteiger partial charge on any atom is -0.298 e. The molecule has 0 saturated heterocycles. The minimum atomic E-state index is -0.233. The molecule has 0 saturated carbocycles. The van der Waals surface area contributed by atoms with Gasteiger partial charge in [-0.1, -0.05) is 26.0 Å². The Balaban J connectivity index is 2.29. The van der Waals surface area contributed by atoms with Crippen molar-refractivity contribution in [3.05, 3.63) is 52.7 Å². The van der Waals surface area contributed by atoms with Crippen molar-refractivity contribution in [2.75, 3.05) is 0 Å². The van der Waals surface area contributed by atoms with Gasteiger partial charge >= 0.3 is 0 Å². The molecule has 3 heteroatoms. The molecule has 1 nitrogen and oxygen atoms in total. The average Bonchev–Trinajstić information content (AvgIpc) is 2.85. The van der Waals surface area contributed by atoms with Crippen molar-refractivity contribution in [1.82, 2.24) is 0 Å². The number of hydrogen-bond donors (Lipinski definition) is 0. The van der Waals surface area contributed by atoms with Crippen LogP contribution in [0, 0.1) is 11.7 Å². The maximum atomic E-state index is 12.9. The van der Waals surface area contributed by atoms with Crippen molar-refractivity contribution in [3.8, 4) is 10.4 Å². The molecule has 0 aliphatic rings. The van der Waals surface area contributed by atoms with E-state index in [1.54, 1.807) is 23.5 Å². The van der Waals surface area contributed by atoms with Gasteiger partial charge in [0.2, 0.25) is 0 Å². The fourth-order valence-electron chi connectivity index (χ4n) is 1.70. The maximum Gasteiger partial charge on any atom is 0.146 e. The summed E-state index contributed by atoms with van der Waals surface area (Å²) in [5.74, 6) is -0.0163. The first-order valence-electron chi connectivity index (χ1n) is 6.12. The Morgan fingerprint density at radius 1 is 1.16 bits per heavy atom. The van der Waals surface area contributed by atoms with Crippen molar-refractivity contribution >= 4 is 23.7 Å². The van der Waals surface area contributed by atoms with Crippen molar-refractivity contribution in [3.63, 3.8) is 0 Å². The lowest BCUT2D eigenvalue weighted by Crippen LogP contribution is -1.93. The van der Waals surface area contributed by atoms with Gasteiger partial charge in [-0.2, -0.15) is 0 Å². The number of aldehydes is 1. The van der Waals surface area contributed by atoms with Crippen LogP contribution in [-0.2, 0) is 4.79 Å². The molecule has 2 aromatic rings. The van der Waals surface area contributed by atoms with Crippen LogP contribution in [0.3, 0.4) is 0 Å². The van der Waals surface area contributed by atoms with Gasteiger partial charge in [-0.25, -0.2) is 4.39 Å². The van der Waals surface area contributed by atoms with Crippen LogP contribution < -0.4 is 0 Å². The van der Waals surface area contributed by atoms with Gasteiger partial charge in [-0.3, -0.25) is 4.79 Å². The molecule has 0 atom stereocenters. The highest BCUT2D eigenvalue weighted by molar-refractivity contribution is 7.16. The molecule has 0 spiro atoms. The van der Waals surface area contributed by atoms with Crippen LogP contribution in [0.2, 0.25) is 0 Å². The van der Waals surface area contributed by atoms with Crippen LogP contribution in [0.5, 0.6) is 0 Å². The summed E-state index contributed by atoms with van der Waals surface area (Å²) in [5.41, 5.74) is 1.77. The lowest BCUT2D eigenvalue weighted by molar-refractivity contribution is -0.105. The zero-order valence-corrected chi connectivity index (χ0v) is 11.7. The van der Waals surface area contributed by atoms with Crippen LogP contribution in [0.25, 0.3) is 16.5 Å². The highest BCUT2D eigenvalue weighted by atomic mass is 32.1. The van der Waals surface area contributed by atoms with Crippen LogP contribution in [0.15, 0.2) is 42.0 Å². The van der Waals surface area contributed by atoms with Crippen molar-refractivity contribution in [1.29, 1.82) is 0 Å². The Labute approximate surface area is 116 Å². The molecule has 0 amide bonds. The molecule has 98 valence electrons. The van der Waals surface area contributed by atoms with E-state index in [2.05, 4.69) is 0 Å². The van der Waals surface area contributed by atoms with E-state index in [-0.39, 0.29) is 11.7 Å². The Hall–Kier alpha value is -1.74. The molecule has 2 rings (SSSR count). The van der Waals surface area contributed by atoms with E-state index in [1.165, 1.54) is 12.1 Å². The van der Waals surface area contributed by atoms with Gasteiger partial charge in [0.1, 0.15) is 12.1 Å². The summed E-state index contributed by atoms with van der Waals surface area (Å²) in [7, 11) is 0. The summed E-state index contributed by atoms with van der Waals surface area (Å²) < 4.78 is 12.9. The van der Waals surface area contributed by atoms with Crippen LogP contribution >= 0.6 is 11.3 Å². The summed E-state index contributed by atoms with van der Waals surface area (Å²) in [4.78, 5) is 13.1. The lowest BCUT2D eigenvalue weighted by atomic mass is 10.0. The van der Waals surface area contributed by atoms with Crippen molar-refractivity contribution < 1.29 is 9.18 Å². The Morgan fingerprint density at radius 3 is 2.42 bits per heavy atom. The van der Waals surface area contributed by atoms with Crippen molar-refractivity contribution in [2.24, 2.45) is 5.92 Å². The molecular weight excluding hydrogens is 259 g/mol. The molecule has 0 fully saturated rings. The van der Waals surface area contributed by atoms with Crippen LogP contribution in [-0.4, -0.2) is 6.29 Å². The number of halogens is 1. The number of allylic oxidation sites excluding steroid dienone is 1. The number of rotatable bonds is 4. The number of hydrogen-bond acceptors (Lipinski definition) is 2. The van der Waals surface area contributed by atoms with Gasteiger partial charge in [0, 0.05) is 9.75 Å². The summed E-state index contributed by atoms with van der Waals surface area (Å²) in [6.45, 7) is 3.99. The molecular formula is C16H15FOS. The molecule has 1 heterocycles. The monoisotopic (exact) mass is 274 g/mol. The second kappa shape index (κ2) is 5.93. The third kappa shape index (κ3) is 3.38. The van der Waals surface area contributed by atoms with E-state index < -0.39 is 0 Å². The van der Waals surface area contributed by atoms with Gasteiger partial charge in [-0.15, -0.1) is 11.3 Å². The molecule has 0 radical (unpaired) electrons. The average molecular weight is 274 g/mol. The first-order valence-corrected chi connectivity index (χ1v) is 6.94. The molecule has 0 bridgehead atoms. The fourth-order valence-corrected chi connectivity index (χ4v) is 2.68. The molecule has 1 aromatic carbocycles. The predicted molar refractivity (Wildman–Crippen MR) is 78.6 cm³/mol. The number of thiophene rings is 1. The third-order valence-electron chi connectivity index (χ3n) is 2.87.